The minimum Gasteiger partial charge on any atom is -0.354 e. The highest BCUT2D eigenvalue weighted by Gasteiger charge is 2.24. The van der Waals surface area contributed by atoms with Crippen LogP contribution in [0.4, 0.5) is 0 Å². The summed E-state index contributed by atoms with van der Waals surface area (Å²) in [5.41, 5.74) is 5.28. The fraction of sp³-hybridized carbons (Fsp3) is 0.909. The van der Waals surface area contributed by atoms with Crippen LogP contribution in [0.3, 0.4) is 0 Å². The minimum atomic E-state index is -1.01. The number of carbonyl (C=O) groups excluding carboxylic acids is 1. The molecule has 0 radical (unpaired) electrons. The van der Waals surface area contributed by atoms with Crippen molar-refractivity contribution in [3.8, 4) is 0 Å². The molecule has 0 bridgehead atoms. The molecule has 16 heavy (non-hydrogen) atoms. The van der Waals surface area contributed by atoms with E-state index >= 15 is 0 Å². The van der Waals surface area contributed by atoms with E-state index in [2.05, 4.69) is 12.2 Å². The summed E-state index contributed by atoms with van der Waals surface area (Å²) in [5, 5.41) is 2.87. The molecule has 4 nitrogen and oxygen atoms in total. The molecular formula is C11H22N2O2S. The zero-order valence-corrected chi connectivity index (χ0v) is 10.7. The number of hydrogen-bond donors (Lipinski definition) is 2. The molecule has 1 amide bonds. The second kappa shape index (κ2) is 7.01. The average Bonchev–Trinajstić information content (AvgIpc) is 2.26. The largest absolute Gasteiger partial charge is 0.354 e. The Kier molecular flexibility index (Phi) is 5.98. The summed E-state index contributed by atoms with van der Waals surface area (Å²) in [4.78, 5) is 11.4. The summed E-state index contributed by atoms with van der Waals surface area (Å²) < 4.78 is 11.9. The summed E-state index contributed by atoms with van der Waals surface area (Å²) >= 11 is 0. The number of amides is 1. The molecule has 0 saturated heterocycles. The van der Waals surface area contributed by atoms with Crippen LogP contribution < -0.4 is 11.1 Å². The lowest BCUT2D eigenvalue weighted by Gasteiger charge is -2.25. The van der Waals surface area contributed by atoms with Crippen LogP contribution in [-0.4, -0.2) is 34.2 Å². The van der Waals surface area contributed by atoms with Gasteiger partial charge in [0.15, 0.2) is 0 Å². The average molecular weight is 246 g/mol. The third-order valence-corrected chi connectivity index (χ3v) is 4.72. The van der Waals surface area contributed by atoms with E-state index in [0.717, 1.165) is 19.3 Å². The number of rotatable bonds is 5. The van der Waals surface area contributed by atoms with Crippen molar-refractivity contribution in [3.05, 3.63) is 0 Å². The Bertz CT molecular complexity index is 258. The molecule has 0 spiro atoms. The van der Waals surface area contributed by atoms with Crippen LogP contribution in [0, 0.1) is 5.92 Å². The molecule has 1 aliphatic carbocycles. The molecule has 1 aliphatic rings. The van der Waals surface area contributed by atoms with Gasteiger partial charge in [-0.15, -0.1) is 0 Å². The first-order valence-corrected chi connectivity index (χ1v) is 7.35. The molecule has 0 aromatic heterocycles. The first-order chi connectivity index (χ1) is 7.63. The van der Waals surface area contributed by atoms with Gasteiger partial charge in [-0.05, 0) is 18.8 Å². The number of nitrogens with two attached hydrogens (primary N) is 1. The maximum atomic E-state index is 11.9. The predicted molar refractivity (Wildman–Crippen MR) is 66.5 cm³/mol. The van der Waals surface area contributed by atoms with E-state index in [1.165, 1.54) is 6.42 Å². The summed E-state index contributed by atoms with van der Waals surface area (Å²) in [5.74, 6) is 0.647. The van der Waals surface area contributed by atoms with Crippen LogP contribution in [0.25, 0.3) is 0 Å². The van der Waals surface area contributed by atoms with Crippen LogP contribution in [-0.2, 0) is 15.6 Å². The van der Waals surface area contributed by atoms with Crippen LogP contribution >= 0.6 is 0 Å². The second-order valence-corrected chi connectivity index (χ2v) is 6.27. The topological polar surface area (TPSA) is 72.2 Å². The van der Waals surface area contributed by atoms with Crippen LogP contribution in [0.5, 0.6) is 0 Å². The lowest BCUT2D eigenvalue weighted by Crippen LogP contribution is -2.35. The van der Waals surface area contributed by atoms with Crippen molar-refractivity contribution >= 4 is 16.7 Å². The first kappa shape index (κ1) is 13.6. The fourth-order valence-corrected chi connectivity index (χ4v) is 3.70. The highest BCUT2D eigenvalue weighted by atomic mass is 32.2. The van der Waals surface area contributed by atoms with Crippen molar-refractivity contribution in [3.63, 3.8) is 0 Å². The van der Waals surface area contributed by atoms with Crippen LogP contribution in [0.2, 0.25) is 0 Å². The smallest absolute Gasteiger partial charge is 0.232 e. The van der Waals surface area contributed by atoms with E-state index in [0.29, 0.717) is 19.0 Å². The SMILES string of the molecule is CC1CCCC(S(=O)CC(=O)NCCN)C1. The Balaban J connectivity index is 2.30. The van der Waals surface area contributed by atoms with Crippen LogP contribution in [0.1, 0.15) is 32.6 Å². The van der Waals surface area contributed by atoms with Gasteiger partial charge in [0.05, 0.1) is 0 Å². The molecule has 3 unspecified atom stereocenters. The molecule has 0 heterocycles. The maximum Gasteiger partial charge on any atom is 0.232 e. The summed E-state index contributed by atoms with van der Waals surface area (Å²) in [7, 11) is -1.01. The monoisotopic (exact) mass is 246 g/mol. The van der Waals surface area contributed by atoms with Gasteiger partial charge in [0, 0.05) is 29.1 Å². The van der Waals surface area contributed by atoms with Gasteiger partial charge in [0.1, 0.15) is 5.75 Å². The van der Waals surface area contributed by atoms with Crippen molar-refractivity contribution < 1.29 is 9.00 Å². The molecular weight excluding hydrogens is 224 g/mol. The van der Waals surface area contributed by atoms with Gasteiger partial charge in [-0.3, -0.25) is 9.00 Å². The molecule has 1 fully saturated rings. The van der Waals surface area contributed by atoms with E-state index in [1.54, 1.807) is 0 Å². The Morgan fingerprint density at radius 3 is 2.88 bits per heavy atom. The van der Waals surface area contributed by atoms with E-state index in [-0.39, 0.29) is 16.9 Å². The van der Waals surface area contributed by atoms with Gasteiger partial charge in [-0.1, -0.05) is 19.8 Å². The predicted octanol–water partition coefficient (Wildman–Crippen LogP) is 0.389. The molecule has 3 atom stereocenters. The Morgan fingerprint density at radius 2 is 2.25 bits per heavy atom. The molecule has 0 aromatic carbocycles. The van der Waals surface area contributed by atoms with Crippen LogP contribution in [0.15, 0.2) is 0 Å². The Morgan fingerprint density at radius 1 is 1.50 bits per heavy atom. The van der Waals surface area contributed by atoms with Crippen molar-refractivity contribution in [1.29, 1.82) is 0 Å². The normalized spacial score (nSPS) is 27.4. The third kappa shape index (κ3) is 4.61. The number of hydrogen-bond acceptors (Lipinski definition) is 3. The molecule has 3 N–H and O–H groups in total. The van der Waals surface area contributed by atoms with Crippen molar-refractivity contribution in [2.24, 2.45) is 11.7 Å². The first-order valence-electron chi connectivity index (χ1n) is 5.97. The zero-order valence-electron chi connectivity index (χ0n) is 9.91. The van der Waals surface area contributed by atoms with Gasteiger partial charge in [0.25, 0.3) is 0 Å². The van der Waals surface area contributed by atoms with E-state index in [9.17, 15) is 9.00 Å². The van der Waals surface area contributed by atoms with E-state index < -0.39 is 10.8 Å². The number of nitrogens with one attached hydrogen (secondary N) is 1. The summed E-state index contributed by atoms with van der Waals surface area (Å²) in [6.45, 7) is 3.09. The Labute approximate surface area is 99.8 Å². The summed E-state index contributed by atoms with van der Waals surface area (Å²) in [6.07, 6.45) is 4.37. The molecule has 94 valence electrons. The van der Waals surface area contributed by atoms with Gasteiger partial charge in [0.2, 0.25) is 5.91 Å². The van der Waals surface area contributed by atoms with E-state index in [4.69, 9.17) is 5.73 Å². The molecule has 1 saturated carbocycles. The molecule has 0 aliphatic heterocycles. The molecule has 1 rings (SSSR count). The maximum absolute atomic E-state index is 11.9. The quantitative estimate of drug-likeness (QED) is 0.737. The van der Waals surface area contributed by atoms with Crippen molar-refractivity contribution in [2.75, 3.05) is 18.8 Å². The lowest BCUT2D eigenvalue weighted by molar-refractivity contribution is -0.118. The second-order valence-electron chi connectivity index (χ2n) is 4.56. The number of carbonyl (C=O) groups is 1. The molecule has 0 aromatic rings. The van der Waals surface area contributed by atoms with Gasteiger partial charge in [-0.25, -0.2) is 0 Å². The van der Waals surface area contributed by atoms with Gasteiger partial charge < -0.3 is 11.1 Å². The minimum absolute atomic E-state index is 0.136. The summed E-state index contributed by atoms with van der Waals surface area (Å²) in [6, 6.07) is 0. The van der Waals surface area contributed by atoms with E-state index in [1.807, 2.05) is 0 Å². The standard InChI is InChI=1S/C11H22N2O2S/c1-9-3-2-4-10(7-9)16(15)8-11(14)13-6-5-12/h9-10H,2-8,12H2,1H3,(H,13,14). The fourth-order valence-electron chi connectivity index (χ4n) is 2.13. The van der Waals surface area contributed by atoms with Gasteiger partial charge >= 0.3 is 0 Å². The molecule has 5 heteroatoms. The van der Waals surface area contributed by atoms with Crippen molar-refractivity contribution in [1.82, 2.24) is 5.32 Å². The van der Waals surface area contributed by atoms with Gasteiger partial charge in [-0.2, -0.15) is 0 Å². The lowest BCUT2D eigenvalue weighted by atomic mass is 9.91. The highest BCUT2D eigenvalue weighted by Crippen LogP contribution is 2.26. The van der Waals surface area contributed by atoms with Crippen molar-refractivity contribution in [2.45, 2.75) is 37.9 Å². The highest BCUT2D eigenvalue weighted by molar-refractivity contribution is 7.86. The zero-order chi connectivity index (χ0) is 12.0. The Hall–Kier alpha value is -0.420. The third-order valence-electron chi connectivity index (χ3n) is 3.00.